The molecule has 17 heavy (non-hydrogen) atoms. The molecule has 1 atom stereocenters. The van der Waals surface area contributed by atoms with Crippen molar-refractivity contribution in [3.8, 4) is 0 Å². The van der Waals surface area contributed by atoms with E-state index in [0.29, 0.717) is 19.3 Å². The molecule has 104 valence electrons. The smallest absolute Gasteiger partial charge is 0.172 e. The van der Waals surface area contributed by atoms with Crippen molar-refractivity contribution >= 4 is 0 Å². The lowest BCUT2D eigenvalue weighted by atomic mass is 10.0. The molecule has 0 aromatic heterocycles. The van der Waals surface area contributed by atoms with Crippen LogP contribution in [0.4, 0.5) is 0 Å². The van der Waals surface area contributed by atoms with Gasteiger partial charge in [0.05, 0.1) is 6.04 Å². The van der Waals surface area contributed by atoms with Gasteiger partial charge in [-0.1, -0.05) is 33.6 Å². The highest BCUT2D eigenvalue weighted by atomic mass is 16.7. The maximum atomic E-state index is 5.67. The summed E-state index contributed by atoms with van der Waals surface area (Å²) in [5.74, 6) is 0.773. The van der Waals surface area contributed by atoms with Crippen molar-refractivity contribution in [2.45, 2.75) is 66.2 Å². The van der Waals surface area contributed by atoms with Crippen LogP contribution in [0.5, 0.6) is 0 Å². The standard InChI is InChI=1S/C14H31NO2/c1-6-15-13(11-9-10-12(4)5)14(16-7-2)17-8-3/h12-15H,6-11H2,1-5H3. The molecule has 0 bridgehead atoms. The SMILES string of the molecule is CCNC(CCCC(C)C)C(OCC)OCC. The normalized spacial score (nSPS) is 13.6. The van der Waals surface area contributed by atoms with Crippen LogP contribution in [0.25, 0.3) is 0 Å². The molecule has 0 amide bonds. The third-order valence-electron chi connectivity index (χ3n) is 2.75. The van der Waals surface area contributed by atoms with Gasteiger partial charge in [0.25, 0.3) is 0 Å². The predicted molar refractivity (Wildman–Crippen MR) is 73.2 cm³/mol. The summed E-state index contributed by atoms with van der Waals surface area (Å²) in [6.07, 6.45) is 3.52. The third kappa shape index (κ3) is 8.58. The summed E-state index contributed by atoms with van der Waals surface area (Å²) in [5.41, 5.74) is 0. The van der Waals surface area contributed by atoms with Crippen LogP contribution in [0.1, 0.15) is 53.9 Å². The lowest BCUT2D eigenvalue weighted by molar-refractivity contribution is -0.155. The highest BCUT2D eigenvalue weighted by Gasteiger charge is 2.20. The van der Waals surface area contributed by atoms with Crippen LogP contribution < -0.4 is 5.32 Å². The molecule has 0 aliphatic rings. The molecule has 0 spiro atoms. The van der Waals surface area contributed by atoms with Crippen molar-refractivity contribution in [2.24, 2.45) is 5.92 Å². The van der Waals surface area contributed by atoms with E-state index in [0.717, 1.165) is 18.9 Å². The average molecular weight is 245 g/mol. The summed E-state index contributed by atoms with van der Waals surface area (Å²) in [7, 11) is 0. The minimum Gasteiger partial charge on any atom is -0.351 e. The first-order chi connectivity index (χ1) is 8.15. The average Bonchev–Trinajstić information content (AvgIpc) is 2.27. The van der Waals surface area contributed by atoms with Crippen molar-refractivity contribution in [3.63, 3.8) is 0 Å². The minimum absolute atomic E-state index is 0.0999. The molecule has 0 aliphatic carbocycles. The molecule has 0 radical (unpaired) electrons. The number of rotatable bonds is 11. The summed E-state index contributed by atoms with van der Waals surface area (Å²) in [4.78, 5) is 0. The van der Waals surface area contributed by atoms with Gasteiger partial charge in [-0.3, -0.25) is 0 Å². The Morgan fingerprint density at radius 2 is 1.53 bits per heavy atom. The fourth-order valence-corrected chi connectivity index (χ4v) is 1.95. The van der Waals surface area contributed by atoms with E-state index in [-0.39, 0.29) is 6.29 Å². The van der Waals surface area contributed by atoms with Crippen LogP contribution in [0.2, 0.25) is 0 Å². The second-order valence-electron chi connectivity index (χ2n) is 4.77. The zero-order chi connectivity index (χ0) is 13.1. The molecular formula is C14H31NO2. The Morgan fingerprint density at radius 1 is 0.941 bits per heavy atom. The van der Waals surface area contributed by atoms with Crippen LogP contribution in [-0.2, 0) is 9.47 Å². The molecule has 0 fully saturated rings. The van der Waals surface area contributed by atoms with Crippen molar-refractivity contribution in [1.29, 1.82) is 0 Å². The maximum Gasteiger partial charge on any atom is 0.172 e. The largest absolute Gasteiger partial charge is 0.351 e. The summed E-state index contributed by atoms with van der Waals surface area (Å²) in [5, 5.41) is 3.48. The van der Waals surface area contributed by atoms with E-state index in [4.69, 9.17) is 9.47 Å². The van der Waals surface area contributed by atoms with Crippen molar-refractivity contribution < 1.29 is 9.47 Å². The van der Waals surface area contributed by atoms with Gasteiger partial charge in [0, 0.05) is 13.2 Å². The minimum atomic E-state index is -0.0999. The van der Waals surface area contributed by atoms with Crippen molar-refractivity contribution in [1.82, 2.24) is 5.32 Å². The van der Waals surface area contributed by atoms with E-state index < -0.39 is 0 Å². The van der Waals surface area contributed by atoms with Crippen LogP contribution >= 0.6 is 0 Å². The molecular weight excluding hydrogens is 214 g/mol. The molecule has 0 saturated heterocycles. The molecule has 1 unspecified atom stereocenters. The number of nitrogens with one attached hydrogen (secondary N) is 1. The van der Waals surface area contributed by atoms with Gasteiger partial charge in [0.15, 0.2) is 6.29 Å². The summed E-state index contributed by atoms with van der Waals surface area (Å²) in [6.45, 7) is 13.1. The second kappa shape index (κ2) is 11.0. The van der Waals surface area contributed by atoms with Crippen LogP contribution in [-0.4, -0.2) is 32.1 Å². The molecule has 3 heteroatoms. The van der Waals surface area contributed by atoms with E-state index in [9.17, 15) is 0 Å². The fraction of sp³-hybridized carbons (Fsp3) is 1.00. The van der Waals surface area contributed by atoms with Gasteiger partial charge in [0.1, 0.15) is 0 Å². The Balaban J connectivity index is 4.13. The van der Waals surface area contributed by atoms with E-state index in [1.54, 1.807) is 0 Å². The van der Waals surface area contributed by atoms with E-state index in [2.05, 4.69) is 26.1 Å². The lowest BCUT2D eigenvalue weighted by Crippen LogP contribution is -2.43. The number of hydrogen-bond donors (Lipinski definition) is 1. The molecule has 0 aliphatic heterocycles. The van der Waals surface area contributed by atoms with Gasteiger partial charge in [-0.15, -0.1) is 0 Å². The molecule has 1 N–H and O–H groups in total. The molecule has 0 aromatic rings. The molecule has 0 aromatic carbocycles. The van der Waals surface area contributed by atoms with E-state index in [1.807, 2.05) is 13.8 Å². The van der Waals surface area contributed by atoms with Crippen molar-refractivity contribution in [2.75, 3.05) is 19.8 Å². The van der Waals surface area contributed by atoms with E-state index >= 15 is 0 Å². The quantitative estimate of drug-likeness (QED) is 0.567. The van der Waals surface area contributed by atoms with Gasteiger partial charge >= 0.3 is 0 Å². The van der Waals surface area contributed by atoms with Gasteiger partial charge in [-0.2, -0.15) is 0 Å². The zero-order valence-corrected chi connectivity index (χ0v) is 12.3. The Morgan fingerprint density at radius 3 is 1.94 bits per heavy atom. The van der Waals surface area contributed by atoms with E-state index in [1.165, 1.54) is 12.8 Å². The van der Waals surface area contributed by atoms with Crippen molar-refractivity contribution in [3.05, 3.63) is 0 Å². The molecule has 0 heterocycles. The maximum absolute atomic E-state index is 5.67. The first-order valence-corrected chi connectivity index (χ1v) is 7.12. The second-order valence-corrected chi connectivity index (χ2v) is 4.77. The topological polar surface area (TPSA) is 30.5 Å². The van der Waals surface area contributed by atoms with Gasteiger partial charge < -0.3 is 14.8 Å². The number of ether oxygens (including phenoxy) is 2. The summed E-state index contributed by atoms with van der Waals surface area (Å²) in [6, 6.07) is 0.318. The molecule has 3 nitrogen and oxygen atoms in total. The summed E-state index contributed by atoms with van der Waals surface area (Å²) >= 11 is 0. The first kappa shape index (κ1) is 16.9. The summed E-state index contributed by atoms with van der Waals surface area (Å²) < 4.78 is 11.3. The lowest BCUT2D eigenvalue weighted by Gasteiger charge is -2.27. The Hall–Kier alpha value is -0.120. The fourth-order valence-electron chi connectivity index (χ4n) is 1.95. The Labute approximate surface area is 107 Å². The molecule has 0 rings (SSSR count). The highest BCUT2D eigenvalue weighted by molar-refractivity contribution is 4.71. The van der Waals surface area contributed by atoms with Gasteiger partial charge in [-0.25, -0.2) is 0 Å². The Bertz CT molecular complexity index is 156. The first-order valence-electron chi connectivity index (χ1n) is 7.12. The third-order valence-corrected chi connectivity index (χ3v) is 2.75. The highest BCUT2D eigenvalue weighted by Crippen LogP contribution is 2.13. The Kier molecular flexibility index (Phi) is 10.9. The molecule has 0 saturated carbocycles. The van der Waals surface area contributed by atoms with Crippen LogP contribution in [0.3, 0.4) is 0 Å². The number of likely N-dealkylation sites (N-methyl/N-ethyl adjacent to an activating group) is 1. The van der Waals surface area contributed by atoms with Gasteiger partial charge in [-0.05, 0) is 32.7 Å². The predicted octanol–water partition coefficient (Wildman–Crippen LogP) is 3.19. The zero-order valence-electron chi connectivity index (χ0n) is 12.3. The van der Waals surface area contributed by atoms with Gasteiger partial charge in [0.2, 0.25) is 0 Å². The van der Waals surface area contributed by atoms with Crippen LogP contribution in [0, 0.1) is 5.92 Å². The monoisotopic (exact) mass is 245 g/mol. The number of hydrogen-bond acceptors (Lipinski definition) is 3. The van der Waals surface area contributed by atoms with Crippen LogP contribution in [0.15, 0.2) is 0 Å².